The largest absolute Gasteiger partial charge is 0.417 e. The maximum absolute atomic E-state index is 5.47. The van der Waals surface area contributed by atoms with Crippen LogP contribution in [-0.4, -0.2) is 19.9 Å². The van der Waals surface area contributed by atoms with Crippen LogP contribution in [0.2, 0.25) is 13.1 Å². The molecule has 0 bridgehead atoms. The van der Waals surface area contributed by atoms with Crippen molar-refractivity contribution >= 4 is 24.2 Å². The van der Waals surface area contributed by atoms with Crippen LogP contribution in [0.15, 0.2) is 0 Å². The molecule has 3 heteroatoms. The lowest BCUT2D eigenvalue weighted by Gasteiger charge is -2.17. The summed E-state index contributed by atoms with van der Waals surface area (Å²) in [5, 5.41) is 0. The summed E-state index contributed by atoms with van der Waals surface area (Å²) in [5.74, 6) is 0. The molecule has 0 saturated heterocycles. The molecule has 0 N–H and O–H groups in total. The Morgan fingerprint density at radius 3 is 2.12 bits per heavy atom. The van der Waals surface area contributed by atoms with Crippen molar-refractivity contribution in [1.82, 2.24) is 0 Å². The molecule has 50 valence electrons. The summed E-state index contributed by atoms with van der Waals surface area (Å²) >= 11 is 3.41. The van der Waals surface area contributed by atoms with Crippen LogP contribution >= 0.6 is 15.9 Å². The van der Waals surface area contributed by atoms with Gasteiger partial charge in [0.2, 0.25) is 0 Å². The van der Waals surface area contributed by atoms with Crippen LogP contribution in [0.5, 0.6) is 0 Å². The van der Waals surface area contributed by atoms with Gasteiger partial charge in [-0.2, -0.15) is 0 Å². The number of hydrogen-bond donors (Lipinski definition) is 0. The molecule has 1 nitrogen and oxygen atoms in total. The van der Waals surface area contributed by atoms with Crippen molar-refractivity contribution in [2.45, 2.75) is 20.0 Å². The third kappa shape index (κ3) is 3.63. The topological polar surface area (TPSA) is 9.23 Å². The van der Waals surface area contributed by atoms with Crippen LogP contribution in [0.3, 0.4) is 0 Å². The van der Waals surface area contributed by atoms with Gasteiger partial charge in [0.25, 0.3) is 0 Å². The van der Waals surface area contributed by atoms with Gasteiger partial charge in [0.15, 0.2) is 8.32 Å². The molecule has 0 fully saturated rings. The molecular formula is C5H13BrOSi. The molecule has 0 aliphatic carbocycles. The van der Waals surface area contributed by atoms with Gasteiger partial charge >= 0.3 is 0 Å². The van der Waals surface area contributed by atoms with Gasteiger partial charge in [-0.15, -0.1) is 0 Å². The zero-order chi connectivity index (χ0) is 6.62. The SMILES string of the molecule is CCO[Si](C)(C)CBr. The van der Waals surface area contributed by atoms with Gasteiger partial charge in [-0.3, -0.25) is 0 Å². The summed E-state index contributed by atoms with van der Waals surface area (Å²) in [6.07, 6.45) is 0. The molecule has 0 aliphatic heterocycles. The van der Waals surface area contributed by atoms with E-state index in [9.17, 15) is 0 Å². The van der Waals surface area contributed by atoms with Gasteiger partial charge in [-0.25, -0.2) is 0 Å². The van der Waals surface area contributed by atoms with E-state index in [4.69, 9.17) is 4.43 Å². The van der Waals surface area contributed by atoms with E-state index in [1.165, 1.54) is 0 Å². The fourth-order valence-electron chi connectivity index (χ4n) is 0.429. The smallest absolute Gasteiger partial charge is 0.197 e. The Balaban J connectivity index is 3.37. The van der Waals surface area contributed by atoms with Crippen molar-refractivity contribution in [3.05, 3.63) is 0 Å². The van der Waals surface area contributed by atoms with Crippen LogP contribution in [0.25, 0.3) is 0 Å². The Hall–Kier alpha value is 0.657. The van der Waals surface area contributed by atoms with E-state index in [1.807, 2.05) is 6.92 Å². The van der Waals surface area contributed by atoms with Crippen molar-refractivity contribution in [3.63, 3.8) is 0 Å². The number of alkyl halides is 1. The molecule has 0 heterocycles. The highest BCUT2D eigenvalue weighted by Gasteiger charge is 2.18. The first-order valence-electron chi connectivity index (χ1n) is 2.82. The standard InChI is InChI=1S/C5H13BrOSi/c1-4-7-8(2,3)5-6/h4-5H2,1-3H3. The van der Waals surface area contributed by atoms with E-state index < -0.39 is 8.32 Å². The van der Waals surface area contributed by atoms with Gasteiger partial charge < -0.3 is 4.43 Å². The Kier molecular flexibility index (Phi) is 3.94. The van der Waals surface area contributed by atoms with E-state index in [0.29, 0.717) is 0 Å². The highest BCUT2D eigenvalue weighted by Crippen LogP contribution is 2.06. The molecule has 0 unspecified atom stereocenters. The minimum absolute atomic E-state index is 0.852. The lowest BCUT2D eigenvalue weighted by molar-refractivity contribution is 0.334. The molecule has 0 amide bonds. The highest BCUT2D eigenvalue weighted by atomic mass is 79.9. The minimum Gasteiger partial charge on any atom is -0.417 e. The fraction of sp³-hybridized carbons (Fsp3) is 1.00. The number of rotatable bonds is 3. The highest BCUT2D eigenvalue weighted by molar-refractivity contribution is 9.09. The summed E-state index contributed by atoms with van der Waals surface area (Å²) in [6.45, 7) is 7.29. The average molecular weight is 197 g/mol. The van der Waals surface area contributed by atoms with Crippen molar-refractivity contribution in [1.29, 1.82) is 0 Å². The third-order valence-electron chi connectivity index (χ3n) is 0.857. The Bertz CT molecular complexity index is 65.4. The number of hydrogen-bond acceptors (Lipinski definition) is 1. The molecular weight excluding hydrogens is 184 g/mol. The molecule has 0 saturated carbocycles. The first kappa shape index (κ1) is 8.66. The van der Waals surface area contributed by atoms with Crippen LogP contribution in [0.1, 0.15) is 6.92 Å². The van der Waals surface area contributed by atoms with E-state index in [2.05, 4.69) is 29.0 Å². The second-order valence-corrected chi connectivity index (χ2v) is 8.08. The summed E-state index contributed by atoms with van der Waals surface area (Å²) in [6, 6.07) is 0. The van der Waals surface area contributed by atoms with E-state index in [1.54, 1.807) is 0 Å². The third-order valence-corrected chi connectivity index (χ3v) is 6.62. The maximum Gasteiger partial charge on any atom is 0.197 e. The molecule has 0 aromatic heterocycles. The van der Waals surface area contributed by atoms with Crippen LogP contribution < -0.4 is 0 Å². The predicted octanol–water partition coefficient (Wildman–Crippen LogP) is 2.16. The summed E-state index contributed by atoms with van der Waals surface area (Å²) < 4.78 is 5.47. The van der Waals surface area contributed by atoms with Crippen LogP contribution in [0.4, 0.5) is 0 Å². The van der Waals surface area contributed by atoms with Gasteiger partial charge in [0.05, 0.1) is 0 Å². The average Bonchev–Trinajstić information content (AvgIpc) is 1.67. The molecule has 0 rings (SSSR count). The first-order chi connectivity index (χ1) is 3.62. The van der Waals surface area contributed by atoms with Gasteiger partial charge in [0, 0.05) is 11.6 Å². The molecule has 0 aromatic carbocycles. The zero-order valence-electron chi connectivity index (χ0n) is 5.70. The van der Waals surface area contributed by atoms with Gasteiger partial charge in [-0.1, -0.05) is 15.9 Å². The lowest BCUT2D eigenvalue weighted by Crippen LogP contribution is -2.32. The minimum atomic E-state index is -1.26. The van der Waals surface area contributed by atoms with Crippen LogP contribution in [0, 0.1) is 0 Å². The van der Waals surface area contributed by atoms with Crippen molar-refractivity contribution in [3.8, 4) is 0 Å². The Morgan fingerprint density at radius 1 is 1.50 bits per heavy atom. The van der Waals surface area contributed by atoms with Crippen molar-refractivity contribution in [2.75, 3.05) is 11.6 Å². The molecule has 0 aliphatic rings. The summed E-state index contributed by atoms with van der Waals surface area (Å²) in [4.78, 5) is 1.04. The monoisotopic (exact) mass is 196 g/mol. The molecule has 8 heavy (non-hydrogen) atoms. The van der Waals surface area contributed by atoms with E-state index >= 15 is 0 Å². The van der Waals surface area contributed by atoms with Crippen molar-refractivity contribution in [2.24, 2.45) is 0 Å². The fourth-order valence-corrected chi connectivity index (χ4v) is 1.77. The second-order valence-electron chi connectivity index (χ2n) is 2.33. The zero-order valence-corrected chi connectivity index (χ0v) is 8.29. The van der Waals surface area contributed by atoms with E-state index in [0.717, 1.165) is 11.6 Å². The molecule has 0 aromatic rings. The lowest BCUT2D eigenvalue weighted by atomic mass is 10.9. The quantitative estimate of drug-likeness (QED) is 0.497. The summed E-state index contributed by atoms with van der Waals surface area (Å²) in [5.41, 5.74) is 0. The number of halogens is 1. The molecule has 0 spiro atoms. The predicted molar refractivity (Wildman–Crippen MR) is 42.9 cm³/mol. The Morgan fingerprint density at radius 2 is 2.00 bits per heavy atom. The van der Waals surface area contributed by atoms with E-state index in [-0.39, 0.29) is 0 Å². The Labute approximate surface area is 60.7 Å². The normalized spacial score (nSPS) is 12.0. The van der Waals surface area contributed by atoms with Gasteiger partial charge in [-0.05, 0) is 20.0 Å². The van der Waals surface area contributed by atoms with Crippen LogP contribution in [-0.2, 0) is 4.43 Å². The second kappa shape index (κ2) is 3.64. The molecule has 0 atom stereocenters. The first-order valence-corrected chi connectivity index (χ1v) is 7.06. The van der Waals surface area contributed by atoms with Gasteiger partial charge in [0.1, 0.15) is 0 Å². The molecule has 0 radical (unpaired) electrons. The maximum atomic E-state index is 5.47. The summed E-state index contributed by atoms with van der Waals surface area (Å²) in [7, 11) is -1.26. The van der Waals surface area contributed by atoms with Crippen molar-refractivity contribution < 1.29 is 4.43 Å².